The Morgan fingerprint density at radius 2 is 1.86 bits per heavy atom. The van der Waals surface area contributed by atoms with Crippen LogP contribution in [0.4, 0.5) is 0 Å². The molecule has 3 rings (SSSR count). The van der Waals surface area contributed by atoms with Gasteiger partial charge in [-0.25, -0.2) is 13.1 Å². The number of benzene rings is 1. The van der Waals surface area contributed by atoms with Crippen molar-refractivity contribution in [3.63, 3.8) is 0 Å². The number of fused-ring (bicyclic) bond motifs is 2. The molecule has 0 saturated carbocycles. The van der Waals surface area contributed by atoms with Crippen LogP contribution in [0, 0.1) is 6.92 Å². The van der Waals surface area contributed by atoms with Gasteiger partial charge in [0.15, 0.2) is 0 Å². The van der Waals surface area contributed by atoms with Gasteiger partial charge in [0.25, 0.3) is 0 Å². The molecule has 21 heavy (non-hydrogen) atoms. The fourth-order valence-electron chi connectivity index (χ4n) is 3.26. The predicted molar refractivity (Wildman–Crippen MR) is 86.7 cm³/mol. The minimum atomic E-state index is -3.54. The Bertz CT molecular complexity index is 609. The van der Waals surface area contributed by atoms with Gasteiger partial charge >= 0.3 is 0 Å². The third kappa shape index (κ3) is 3.71. The third-order valence-corrected chi connectivity index (χ3v) is 6.18. The zero-order valence-electron chi connectivity index (χ0n) is 11.8. The number of sulfonamides is 1. The number of piperidine rings is 1. The monoisotopic (exact) mass is 350 g/mol. The van der Waals surface area contributed by atoms with Crippen molar-refractivity contribution in [1.82, 2.24) is 10.0 Å². The Kier molecular flexibility index (Phi) is 5.21. The predicted octanol–water partition coefficient (Wildman–Crippen LogP) is 2.63. The molecule has 0 radical (unpaired) electrons. The maximum absolute atomic E-state index is 12.5. The van der Waals surface area contributed by atoms with E-state index in [9.17, 15) is 8.42 Å². The van der Waals surface area contributed by atoms with E-state index in [0.29, 0.717) is 12.1 Å². The van der Waals surface area contributed by atoms with Gasteiger partial charge in [0.1, 0.15) is 4.90 Å². The number of hydrogen-bond donors (Lipinski definition) is 2. The summed E-state index contributed by atoms with van der Waals surface area (Å²) in [5.74, 6) is 0. The van der Waals surface area contributed by atoms with Crippen LogP contribution in [-0.2, 0) is 10.0 Å². The maximum Gasteiger partial charge on any atom is 0.242 e. The minimum absolute atomic E-state index is 0. The molecule has 2 unspecified atom stereocenters. The van der Waals surface area contributed by atoms with Gasteiger partial charge in [0.05, 0.1) is 5.02 Å². The molecule has 2 saturated heterocycles. The van der Waals surface area contributed by atoms with E-state index in [-0.39, 0.29) is 28.4 Å². The van der Waals surface area contributed by atoms with Crippen molar-refractivity contribution < 1.29 is 8.42 Å². The molecule has 2 N–H and O–H groups in total. The van der Waals surface area contributed by atoms with Crippen LogP contribution in [0.5, 0.6) is 0 Å². The number of hydrogen-bond acceptors (Lipinski definition) is 3. The highest BCUT2D eigenvalue weighted by Crippen LogP contribution is 2.29. The van der Waals surface area contributed by atoms with Crippen LogP contribution in [0.3, 0.4) is 0 Å². The van der Waals surface area contributed by atoms with Crippen molar-refractivity contribution in [2.24, 2.45) is 0 Å². The van der Waals surface area contributed by atoms with Crippen LogP contribution in [0.2, 0.25) is 5.02 Å². The molecule has 0 amide bonds. The van der Waals surface area contributed by atoms with Gasteiger partial charge in [-0.2, -0.15) is 0 Å². The molecule has 1 aromatic carbocycles. The summed E-state index contributed by atoms with van der Waals surface area (Å²) in [5, 5.41) is 3.79. The van der Waals surface area contributed by atoms with E-state index in [1.54, 1.807) is 18.2 Å². The minimum Gasteiger partial charge on any atom is -0.311 e. The van der Waals surface area contributed by atoms with Crippen molar-refractivity contribution in [2.75, 3.05) is 0 Å². The summed E-state index contributed by atoms with van der Waals surface area (Å²) in [6.07, 6.45) is 4.01. The smallest absolute Gasteiger partial charge is 0.242 e. The van der Waals surface area contributed by atoms with E-state index in [0.717, 1.165) is 31.2 Å². The van der Waals surface area contributed by atoms with E-state index >= 15 is 0 Å². The lowest BCUT2D eigenvalue weighted by atomic mass is 10.0. The highest BCUT2D eigenvalue weighted by molar-refractivity contribution is 7.89. The molecule has 2 heterocycles. The lowest BCUT2D eigenvalue weighted by molar-refractivity contribution is 0.345. The Morgan fingerprint density at radius 1 is 1.24 bits per heavy atom. The first-order valence-electron chi connectivity index (χ1n) is 6.98. The lowest BCUT2D eigenvalue weighted by Crippen LogP contribution is -2.47. The molecule has 7 heteroatoms. The average molecular weight is 351 g/mol. The van der Waals surface area contributed by atoms with Gasteiger partial charge in [-0.05, 0) is 50.3 Å². The van der Waals surface area contributed by atoms with Gasteiger partial charge in [-0.3, -0.25) is 0 Å². The summed E-state index contributed by atoms with van der Waals surface area (Å²) in [6.45, 7) is 1.89. The third-order valence-electron chi connectivity index (χ3n) is 4.17. The number of nitrogens with one attached hydrogen (secondary N) is 2. The zero-order chi connectivity index (χ0) is 14.3. The van der Waals surface area contributed by atoms with Gasteiger partial charge in [0.2, 0.25) is 10.0 Å². The lowest BCUT2D eigenvalue weighted by Gasteiger charge is -2.29. The summed E-state index contributed by atoms with van der Waals surface area (Å²) >= 11 is 6.07. The SMILES string of the molecule is Cc1ccc(S(=O)(=O)NC2CC3CCC(C2)N3)c(Cl)c1.Cl. The largest absolute Gasteiger partial charge is 0.311 e. The second-order valence-corrected chi connectivity index (χ2v) is 7.95. The van der Waals surface area contributed by atoms with Crippen LogP contribution in [0.25, 0.3) is 0 Å². The second-order valence-electron chi connectivity index (χ2n) is 5.86. The molecule has 2 fully saturated rings. The molecular weight excluding hydrogens is 331 g/mol. The van der Waals surface area contributed by atoms with E-state index in [1.165, 1.54) is 0 Å². The number of halogens is 2. The molecule has 0 aliphatic carbocycles. The molecule has 2 atom stereocenters. The zero-order valence-corrected chi connectivity index (χ0v) is 14.2. The topological polar surface area (TPSA) is 58.2 Å². The van der Waals surface area contributed by atoms with E-state index in [2.05, 4.69) is 10.0 Å². The molecule has 2 aliphatic rings. The summed E-state index contributed by atoms with van der Waals surface area (Å²) in [5.41, 5.74) is 0.953. The first-order chi connectivity index (χ1) is 9.44. The number of aryl methyl sites for hydroxylation is 1. The Balaban J connectivity index is 0.00000161. The van der Waals surface area contributed by atoms with Crippen molar-refractivity contribution in [3.05, 3.63) is 28.8 Å². The molecule has 4 nitrogen and oxygen atoms in total. The van der Waals surface area contributed by atoms with E-state index in [4.69, 9.17) is 11.6 Å². The molecule has 118 valence electrons. The van der Waals surface area contributed by atoms with Crippen LogP contribution in [-0.4, -0.2) is 26.5 Å². The average Bonchev–Trinajstić information content (AvgIpc) is 2.67. The highest BCUT2D eigenvalue weighted by Gasteiger charge is 2.35. The van der Waals surface area contributed by atoms with Crippen molar-refractivity contribution in [2.45, 2.75) is 55.6 Å². The fourth-order valence-corrected chi connectivity index (χ4v) is 5.12. The van der Waals surface area contributed by atoms with Crippen molar-refractivity contribution >= 4 is 34.0 Å². The molecular formula is C14H20Cl2N2O2S. The summed E-state index contributed by atoms with van der Waals surface area (Å²) in [4.78, 5) is 0.177. The molecule has 1 aromatic rings. The van der Waals surface area contributed by atoms with Gasteiger partial charge in [0, 0.05) is 18.1 Å². The maximum atomic E-state index is 12.5. The van der Waals surface area contributed by atoms with Crippen molar-refractivity contribution in [1.29, 1.82) is 0 Å². The molecule has 0 aromatic heterocycles. The van der Waals surface area contributed by atoms with Crippen LogP contribution >= 0.6 is 24.0 Å². The molecule has 2 aliphatic heterocycles. The summed E-state index contributed by atoms with van der Waals surface area (Å²) < 4.78 is 27.7. The van der Waals surface area contributed by atoms with Gasteiger partial charge < -0.3 is 5.32 Å². The summed E-state index contributed by atoms with van der Waals surface area (Å²) in [7, 11) is -3.54. The molecule has 0 spiro atoms. The first-order valence-corrected chi connectivity index (χ1v) is 8.85. The van der Waals surface area contributed by atoms with E-state index < -0.39 is 10.0 Å². The number of rotatable bonds is 3. The van der Waals surface area contributed by atoms with Gasteiger partial charge in [-0.1, -0.05) is 17.7 Å². The van der Waals surface area contributed by atoms with Gasteiger partial charge in [-0.15, -0.1) is 12.4 Å². The highest BCUT2D eigenvalue weighted by atomic mass is 35.5. The van der Waals surface area contributed by atoms with Crippen LogP contribution in [0.1, 0.15) is 31.2 Å². The van der Waals surface area contributed by atoms with E-state index in [1.807, 2.05) is 6.92 Å². The Morgan fingerprint density at radius 3 is 2.43 bits per heavy atom. The first kappa shape index (κ1) is 17.0. The van der Waals surface area contributed by atoms with Crippen LogP contribution < -0.4 is 10.0 Å². The summed E-state index contributed by atoms with van der Waals surface area (Å²) in [6, 6.07) is 5.95. The van der Waals surface area contributed by atoms with Crippen LogP contribution in [0.15, 0.2) is 23.1 Å². The van der Waals surface area contributed by atoms with Crippen molar-refractivity contribution in [3.8, 4) is 0 Å². The molecule has 2 bridgehead atoms. The standard InChI is InChI=1S/C14H19ClN2O2S.ClH/c1-9-2-5-14(13(15)6-9)20(18,19)17-12-7-10-3-4-11(8-12)16-10;/h2,5-6,10-12,16-17H,3-4,7-8H2,1H3;1H. The Hall–Kier alpha value is -0.330. The second kappa shape index (κ2) is 6.42. The quantitative estimate of drug-likeness (QED) is 0.880. The Labute approximate surface area is 137 Å². The normalized spacial score (nSPS) is 28.2. The fraction of sp³-hybridized carbons (Fsp3) is 0.571.